The van der Waals surface area contributed by atoms with E-state index in [0.717, 1.165) is 6.07 Å². The zero-order valence-electron chi connectivity index (χ0n) is 15.1. The lowest BCUT2D eigenvalue weighted by Crippen LogP contribution is -2.23. The van der Waals surface area contributed by atoms with Gasteiger partial charge in [-0.1, -0.05) is 6.07 Å². The van der Waals surface area contributed by atoms with Gasteiger partial charge in [0.1, 0.15) is 0 Å². The number of halogens is 1. The molecular weight excluding hydrogens is 361 g/mol. The third-order valence-corrected chi connectivity index (χ3v) is 4.89. The molecule has 0 bridgehead atoms. The molecule has 0 unspecified atom stereocenters. The van der Waals surface area contributed by atoms with Gasteiger partial charge in [0, 0.05) is 6.54 Å². The summed E-state index contributed by atoms with van der Waals surface area (Å²) in [6, 6.07) is 8.61. The molecule has 0 aliphatic carbocycles. The average Bonchev–Trinajstić information content (AvgIpc) is 2.60. The van der Waals surface area contributed by atoms with Crippen molar-refractivity contribution in [2.45, 2.75) is 31.4 Å². The lowest BCUT2D eigenvalue weighted by Gasteiger charge is -2.15. The van der Waals surface area contributed by atoms with Gasteiger partial charge < -0.3 is 14.2 Å². The maximum absolute atomic E-state index is 13.7. The first-order valence-electron chi connectivity index (χ1n) is 7.93. The van der Waals surface area contributed by atoms with Crippen molar-refractivity contribution in [3.8, 4) is 17.2 Å². The van der Waals surface area contributed by atoms with Crippen molar-refractivity contribution in [1.82, 2.24) is 4.72 Å². The summed E-state index contributed by atoms with van der Waals surface area (Å²) < 4.78 is 56.6. The van der Waals surface area contributed by atoms with Gasteiger partial charge in [-0.15, -0.1) is 0 Å². The second-order valence-corrected chi connectivity index (χ2v) is 7.54. The van der Waals surface area contributed by atoms with Crippen LogP contribution in [0.5, 0.6) is 17.2 Å². The van der Waals surface area contributed by atoms with Crippen molar-refractivity contribution >= 4 is 10.0 Å². The van der Waals surface area contributed by atoms with Crippen LogP contribution in [0, 0.1) is 5.82 Å². The molecule has 6 nitrogen and oxygen atoms in total. The molecule has 8 heteroatoms. The Morgan fingerprint density at radius 2 is 1.65 bits per heavy atom. The Kier molecular flexibility index (Phi) is 6.44. The van der Waals surface area contributed by atoms with Crippen LogP contribution in [0.25, 0.3) is 0 Å². The van der Waals surface area contributed by atoms with E-state index in [0.29, 0.717) is 17.1 Å². The SMILES string of the molecule is COc1ccc(S(=O)(=O)NCc2ccc(OC(C)C)c(OC)c2)cc1F. The van der Waals surface area contributed by atoms with Crippen LogP contribution in [0.15, 0.2) is 41.3 Å². The van der Waals surface area contributed by atoms with Crippen molar-refractivity contribution in [3.05, 3.63) is 47.8 Å². The largest absolute Gasteiger partial charge is 0.494 e. The maximum Gasteiger partial charge on any atom is 0.240 e. The third kappa shape index (κ3) is 4.86. The highest BCUT2D eigenvalue weighted by atomic mass is 32.2. The van der Waals surface area contributed by atoms with Gasteiger partial charge in [-0.2, -0.15) is 0 Å². The summed E-state index contributed by atoms with van der Waals surface area (Å²) in [7, 11) is -1.05. The minimum atomic E-state index is -3.87. The lowest BCUT2D eigenvalue weighted by atomic mass is 10.2. The van der Waals surface area contributed by atoms with E-state index in [2.05, 4.69) is 4.72 Å². The summed E-state index contributed by atoms with van der Waals surface area (Å²) in [4.78, 5) is -0.178. The normalized spacial score (nSPS) is 11.5. The van der Waals surface area contributed by atoms with Crippen molar-refractivity contribution in [1.29, 1.82) is 0 Å². The summed E-state index contributed by atoms with van der Waals surface area (Å²) in [5, 5.41) is 0. The average molecular weight is 383 g/mol. The topological polar surface area (TPSA) is 73.9 Å². The molecule has 0 saturated heterocycles. The quantitative estimate of drug-likeness (QED) is 0.758. The van der Waals surface area contributed by atoms with Crippen LogP contribution in [-0.4, -0.2) is 28.7 Å². The molecule has 0 saturated carbocycles. The summed E-state index contributed by atoms with van der Waals surface area (Å²) in [6.45, 7) is 3.82. The molecule has 2 aromatic carbocycles. The van der Waals surface area contributed by atoms with E-state index in [1.807, 2.05) is 13.8 Å². The standard InChI is InChI=1S/C18H22FNO5S/c1-12(2)25-17-7-5-13(9-18(17)24-4)11-20-26(21,22)14-6-8-16(23-3)15(19)10-14/h5-10,12,20H,11H2,1-4H3. The number of hydrogen-bond acceptors (Lipinski definition) is 5. The predicted octanol–water partition coefficient (Wildman–Crippen LogP) is 3.11. The Labute approximate surface area is 152 Å². The van der Waals surface area contributed by atoms with Crippen LogP contribution in [0.3, 0.4) is 0 Å². The molecule has 0 atom stereocenters. The van der Waals surface area contributed by atoms with Crippen LogP contribution in [0.1, 0.15) is 19.4 Å². The highest BCUT2D eigenvalue weighted by Gasteiger charge is 2.17. The van der Waals surface area contributed by atoms with Crippen LogP contribution < -0.4 is 18.9 Å². The van der Waals surface area contributed by atoms with E-state index < -0.39 is 15.8 Å². The fraction of sp³-hybridized carbons (Fsp3) is 0.333. The summed E-state index contributed by atoms with van der Waals surface area (Å²) in [5.74, 6) is 0.318. The van der Waals surface area contributed by atoms with Gasteiger partial charge in [0.15, 0.2) is 23.1 Å². The Hall–Kier alpha value is -2.32. The van der Waals surface area contributed by atoms with E-state index >= 15 is 0 Å². The van der Waals surface area contributed by atoms with E-state index in [-0.39, 0.29) is 23.3 Å². The number of benzene rings is 2. The van der Waals surface area contributed by atoms with Crippen LogP contribution in [0.2, 0.25) is 0 Å². The van der Waals surface area contributed by atoms with Crippen LogP contribution in [0.4, 0.5) is 4.39 Å². The van der Waals surface area contributed by atoms with Crippen molar-refractivity contribution in [3.63, 3.8) is 0 Å². The Morgan fingerprint density at radius 3 is 2.23 bits per heavy atom. The van der Waals surface area contributed by atoms with Crippen molar-refractivity contribution in [2.24, 2.45) is 0 Å². The van der Waals surface area contributed by atoms with Gasteiger partial charge in [-0.05, 0) is 49.7 Å². The van der Waals surface area contributed by atoms with Gasteiger partial charge >= 0.3 is 0 Å². The molecule has 0 aliphatic heterocycles. The minimum Gasteiger partial charge on any atom is -0.494 e. The zero-order valence-corrected chi connectivity index (χ0v) is 15.9. The monoisotopic (exact) mass is 383 g/mol. The highest BCUT2D eigenvalue weighted by molar-refractivity contribution is 7.89. The highest BCUT2D eigenvalue weighted by Crippen LogP contribution is 2.29. The molecule has 0 spiro atoms. The first-order valence-corrected chi connectivity index (χ1v) is 9.42. The summed E-state index contributed by atoms with van der Waals surface area (Å²) in [5.41, 5.74) is 0.676. The van der Waals surface area contributed by atoms with Gasteiger partial charge in [0.25, 0.3) is 0 Å². The number of nitrogens with one attached hydrogen (secondary N) is 1. The first-order chi connectivity index (χ1) is 12.3. The molecule has 0 radical (unpaired) electrons. The molecule has 0 amide bonds. The van der Waals surface area contributed by atoms with E-state index in [9.17, 15) is 12.8 Å². The molecular formula is C18H22FNO5S. The Bertz CT molecular complexity index is 868. The molecule has 142 valence electrons. The lowest BCUT2D eigenvalue weighted by molar-refractivity contribution is 0.230. The summed E-state index contributed by atoms with van der Waals surface area (Å²) >= 11 is 0. The predicted molar refractivity (Wildman–Crippen MR) is 95.7 cm³/mol. The fourth-order valence-electron chi connectivity index (χ4n) is 2.25. The maximum atomic E-state index is 13.7. The van der Waals surface area contributed by atoms with Crippen molar-refractivity contribution in [2.75, 3.05) is 14.2 Å². The summed E-state index contributed by atoms with van der Waals surface area (Å²) in [6.07, 6.45) is -0.0155. The molecule has 0 heterocycles. The van der Waals surface area contributed by atoms with Gasteiger partial charge in [-0.25, -0.2) is 17.5 Å². The second kappa shape index (κ2) is 8.37. The smallest absolute Gasteiger partial charge is 0.240 e. The molecule has 1 N–H and O–H groups in total. The number of rotatable bonds is 8. The Balaban J connectivity index is 2.15. The van der Waals surface area contributed by atoms with Gasteiger partial charge in [0.2, 0.25) is 10.0 Å². The van der Waals surface area contributed by atoms with E-state index in [1.165, 1.54) is 26.4 Å². The zero-order chi connectivity index (χ0) is 19.3. The molecule has 0 aromatic heterocycles. The first kappa shape index (κ1) is 20.0. The van der Waals surface area contributed by atoms with Crippen LogP contribution in [-0.2, 0) is 16.6 Å². The molecule has 26 heavy (non-hydrogen) atoms. The number of methoxy groups -OCH3 is 2. The van der Waals surface area contributed by atoms with Gasteiger partial charge in [0.05, 0.1) is 25.2 Å². The number of sulfonamides is 1. The fourth-order valence-corrected chi connectivity index (χ4v) is 3.28. The molecule has 2 aromatic rings. The van der Waals surface area contributed by atoms with E-state index in [1.54, 1.807) is 18.2 Å². The minimum absolute atomic E-state index is 0.0155. The van der Waals surface area contributed by atoms with E-state index in [4.69, 9.17) is 14.2 Å². The van der Waals surface area contributed by atoms with Crippen molar-refractivity contribution < 1.29 is 27.0 Å². The second-order valence-electron chi connectivity index (χ2n) is 5.77. The third-order valence-electron chi connectivity index (χ3n) is 3.49. The molecule has 0 fully saturated rings. The number of ether oxygens (including phenoxy) is 3. The molecule has 0 aliphatic rings. The van der Waals surface area contributed by atoms with Gasteiger partial charge in [-0.3, -0.25) is 0 Å². The number of hydrogen-bond donors (Lipinski definition) is 1. The van der Waals surface area contributed by atoms with Crippen LogP contribution >= 0.6 is 0 Å². The molecule has 2 rings (SSSR count). The Morgan fingerprint density at radius 1 is 1.00 bits per heavy atom.